The van der Waals surface area contributed by atoms with E-state index >= 15 is 0 Å². The number of rotatable bonds is 5. The molecule has 0 bridgehead atoms. The average molecular weight is 263 g/mol. The Kier molecular flexibility index (Phi) is 4.56. The summed E-state index contributed by atoms with van der Waals surface area (Å²) in [6, 6.07) is 9.89. The molecular weight excluding hydrogens is 242 g/mol. The largest absolute Gasteiger partial charge is 0.396 e. The lowest BCUT2D eigenvalue weighted by molar-refractivity contribution is -0.134. The van der Waals surface area contributed by atoms with Crippen molar-refractivity contribution >= 4 is 5.91 Å². The lowest BCUT2D eigenvalue weighted by Crippen LogP contribution is -2.31. The molecule has 1 aliphatic heterocycles. The van der Waals surface area contributed by atoms with E-state index in [-0.39, 0.29) is 37.0 Å². The molecule has 2 rings (SSSR count). The Bertz CT molecular complexity index is 421. The number of amides is 1. The van der Waals surface area contributed by atoms with Crippen molar-refractivity contribution < 1.29 is 15.0 Å². The van der Waals surface area contributed by atoms with Gasteiger partial charge in [0.15, 0.2) is 0 Å². The molecule has 104 valence electrons. The fourth-order valence-electron chi connectivity index (χ4n) is 2.83. The van der Waals surface area contributed by atoms with Crippen molar-refractivity contribution in [1.82, 2.24) is 4.90 Å². The van der Waals surface area contributed by atoms with E-state index < -0.39 is 0 Å². The Morgan fingerprint density at radius 2 is 2.00 bits per heavy atom. The molecule has 4 nitrogen and oxygen atoms in total. The first-order chi connectivity index (χ1) is 9.19. The first-order valence-corrected chi connectivity index (χ1v) is 6.76. The maximum absolute atomic E-state index is 12.3. The summed E-state index contributed by atoms with van der Waals surface area (Å²) in [4.78, 5) is 14.1. The molecule has 1 aromatic carbocycles. The Hall–Kier alpha value is -1.39. The third kappa shape index (κ3) is 2.80. The van der Waals surface area contributed by atoms with Crippen LogP contribution in [0, 0.1) is 11.8 Å². The first kappa shape index (κ1) is 14.0. The van der Waals surface area contributed by atoms with E-state index in [1.54, 1.807) is 0 Å². The summed E-state index contributed by atoms with van der Waals surface area (Å²) >= 11 is 0. The fraction of sp³-hybridized carbons (Fsp3) is 0.533. The minimum Gasteiger partial charge on any atom is -0.396 e. The first-order valence-electron chi connectivity index (χ1n) is 6.76. The van der Waals surface area contributed by atoms with Gasteiger partial charge in [-0.15, -0.1) is 0 Å². The van der Waals surface area contributed by atoms with Gasteiger partial charge in [-0.25, -0.2) is 0 Å². The van der Waals surface area contributed by atoms with E-state index in [2.05, 4.69) is 0 Å². The average Bonchev–Trinajstić information content (AvgIpc) is 2.75. The molecule has 0 aliphatic carbocycles. The smallest absolute Gasteiger partial charge is 0.228 e. The van der Waals surface area contributed by atoms with Crippen molar-refractivity contribution in [3.63, 3.8) is 0 Å². The second kappa shape index (κ2) is 6.17. The zero-order chi connectivity index (χ0) is 13.8. The molecule has 1 saturated heterocycles. The molecular formula is C15H21NO3. The lowest BCUT2D eigenvalue weighted by atomic mass is 9.94. The van der Waals surface area contributed by atoms with E-state index in [0.717, 1.165) is 5.56 Å². The highest BCUT2D eigenvalue weighted by Gasteiger charge is 2.41. The van der Waals surface area contributed by atoms with Crippen LogP contribution < -0.4 is 0 Å². The topological polar surface area (TPSA) is 60.8 Å². The molecule has 0 saturated carbocycles. The molecule has 1 fully saturated rings. The normalized spacial score (nSPS) is 24.8. The van der Waals surface area contributed by atoms with Crippen LogP contribution in [-0.4, -0.2) is 40.8 Å². The van der Waals surface area contributed by atoms with Gasteiger partial charge in [0.05, 0.1) is 18.6 Å². The number of hydrogen-bond acceptors (Lipinski definition) is 3. The van der Waals surface area contributed by atoms with Gasteiger partial charge in [-0.3, -0.25) is 4.79 Å². The molecule has 0 aromatic heterocycles. The van der Waals surface area contributed by atoms with Gasteiger partial charge in [0.1, 0.15) is 0 Å². The van der Waals surface area contributed by atoms with Crippen molar-refractivity contribution in [2.75, 3.05) is 19.8 Å². The van der Waals surface area contributed by atoms with Gasteiger partial charge >= 0.3 is 0 Å². The molecule has 1 aliphatic rings. The highest BCUT2D eigenvalue weighted by Crippen LogP contribution is 2.33. The Labute approximate surface area is 113 Å². The molecule has 2 N–H and O–H groups in total. The Balaban J connectivity index is 2.15. The van der Waals surface area contributed by atoms with Crippen LogP contribution in [0.1, 0.15) is 24.9 Å². The van der Waals surface area contributed by atoms with Gasteiger partial charge in [-0.05, 0) is 24.8 Å². The second-order valence-corrected chi connectivity index (χ2v) is 5.14. The van der Waals surface area contributed by atoms with Gasteiger partial charge in [0, 0.05) is 13.2 Å². The molecule has 0 radical (unpaired) electrons. The Morgan fingerprint density at radius 3 is 2.58 bits per heavy atom. The number of benzene rings is 1. The molecule has 1 aromatic rings. The molecule has 1 heterocycles. The van der Waals surface area contributed by atoms with Crippen LogP contribution in [0.5, 0.6) is 0 Å². The van der Waals surface area contributed by atoms with Crippen molar-refractivity contribution in [2.24, 2.45) is 11.8 Å². The number of carbonyl (C=O) groups excluding carboxylic acids is 1. The van der Waals surface area contributed by atoms with E-state index in [4.69, 9.17) is 5.11 Å². The van der Waals surface area contributed by atoms with Crippen LogP contribution in [0.4, 0.5) is 0 Å². The minimum atomic E-state index is -0.363. The molecule has 1 amide bonds. The number of aliphatic hydroxyl groups is 2. The van der Waals surface area contributed by atoms with Crippen LogP contribution in [0.25, 0.3) is 0 Å². The third-order valence-corrected chi connectivity index (χ3v) is 4.05. The van der Waals surface area contributed by atoms with Gasteiger partial charge in [-0.1, -0.05) is 30.3 Å². The van der Waals surface area contributed by atoms with E-state index in [9.17, 15) is 9.90 Å². The zero-order valence-electron chi connectivity index (χ0n) is 11.2. The predicted molar refractivity (Wildman–Crippen MR) is 72.3 cm³/mol. The number of hydrogen-bond donors (Lipinski definition) is 2. The summed E-state index contributed by atoms with van der Waals surface area (Å²) in [6.45, 7) is 2.53. The highest BCUT2D eigenvalue weighted by molar-refractivity contribution is 5.82. The van der Waals surface area contributed by atoms with Crippen LogP contribution >= 0.6 is 0 Å². The molecule has 0 spiro atoms. The van der Waals surface area contributed by atoms with Crippen molar-refractivity contribution in [2.45, 2.75) is 19.4 Å². The quantitative estimate of drug-likeness (QED) is 0.839. The summed E-state index contributed by atoms with van der Waals surface area (Å²) in [7, 11) is 0. The summed E-state index contributed by atoms with van der Waals surface area (Å²) in [5, 5.41) is 18.4. The van der Waals surface area contributed by atoms with Gasteiger partial charge in [-0.2, -0.15) is 0 Å². The fourth-order valence-corrected chi connectivity index (χ4v) is 2.83. The lowest BCUT2D eigenvalue weighted by Gasteiger charge is -2.25. The summed E-state index contributed by atoms with van der Waals surface area (Å²) < 4.78 is 0. The monoisotopic (exact) mass is 263 g/mol. The van der Waals surface area contributed by atoms with Crippen LogP contribution in [0.3, 0.4) is 0 Å². The predicted octanol–water partition coefficient (Wildman–Crippen LogP) is 1.20. The summed E-state index contributed by atoms with van der Waals surface area (Å²) in [6.07, 6.45) is 0.564. The number of carbonyl (C=O) groups is 1. The van der Waals surface area contributed by atoms with Gasteiger partial charge in [0.25, 0.3) is 0 Å². The maximum atomic E-state index is 12.3. The number of nitrogens with zero attached hydrogens (tertiary/aromatic N) is 1. The van der Waals surface area contributed by atoms with Gasteiger partial charge in [0.2, 0.25) is 5.91 Å². The highest BCUT2D eigenvalue weighted by atomic mass is 16.3. The summed E-state index contributed by atoms with van der Waals surface area (Å²) in [5.41, 5.74) is 1.09. The standard InChI is InChI=1S/C15H21NO3/c1-11(12-5-3-2-4-6-12)16-9-13(7-8-17)14(10-18)15(16)19/h2-6,11,13-14,17-18H,7-10H2,1H3. The number of aliphatic hydroxyl groups excluding tert-OH is 2. The van der Waals surface area contributed by atoms with E-state index in [0.29, 0.717) is 13.0 Å². The molecule has 4 heteroatoms. The third-order valence-electron chi connectivity index (χ3n) is 4.05. The van der Waals surface area contributed by atoms with Gasteiger partial charge < -0.3 is 15.1 Å². The van der Waals surface area contributed by atoms with Crippen LogP contribution in [0.15, 0.2) is 30.3 Å². The SMILES string of the molecule is CC(c1ccccc1)N1CC(CCO)C(CO)C1=O. The molecule has 3 atom stereocenters. The minimum absolute atomic E-state index is 0.00250. The van der Waals surface area contributed by atoms with E-state index in [1.807, 2.05) is 42.2 Å². The number of likely N-dealkylation sites (tertiary alicyclic amines) is 1. The zero-order valence-corrected chi connectivity index (χ0v) is 11.2. The van der Waals surface area contributed by atoms with Crippen LogP contribution in [-0.2, 0) is 4.79 Å². The Morgan fingerprint density at radius 1 is 1.32 bits per heavy atom. The molecule has 19 heavy (non-hydrogen) atoms. The summed E-state index contributed by atoms with van der Waals surface area (Å²) in [5.74, 6) is -0.315. The molecule has 3 unspecified atom stereocenters. The maximum Gasteiger partial charge on any atom is 0.228 e. The van der Waals surface area contributed by atoms with E-state index in [1.165, 1.54) is 0 Å². The van der Waals surface area contributed by atoms with Crippen molar-refractivity contribution in [3.05, 3.63) is 35.9 Å². The second-order valence-electron chi connectivity index (χ2n) is 5.14. The van der Waals surface area contributed by atoms with Crippen molar-refractivity contribution in [1.29, 1.82) is 0 Å². The van der Waals surface area contributed by atoms with Crippen molar-refractivity contribution in [3.8, 4) is 0 Å². The van der Waals surface area contributed by atoms with Crippen LogP contribution in [0.2, 0.25) is 0 Å².